The van der Waals surface area contributed by atoms with E-state index in [9.17, 15) is 0 Å². The van der Waals surface area contributed by atoms with Gasteiger partial charge in [-0.3, -0.25) is 0 Å². The van der Waals surface area contributed by atoms with Crippen molar-refractivity contribution in [2.75, 3.05) is 43.5 Å². The maximum atomic E-state index is 5.53. The second-order valence-electron chi connectivity index (χ2n) is 5.39. The number of H-pyrrole nitrogens is 1. The Morgan fingerprint density at radius 3 is 2.30 bits per heavy atom. The molecule has 2 N–H and O–H groups in total. The third-order valence-electron chi connectivity index (χ3n) is 3.97. The third-order valence-corrected chi connectivity index (χ3v) is 4.33. The largest absolute Gasteiger partial charge is 0.497 e. The highest BCUT2D eigenvalue weighted by Gasteiger charge is 2.19. The Morgan fingerprint density at radius 2 is 1.70 bits per heavy atom. The highest BCUT2D eigenvalue weighted by molar-refractivity contribution is 7.80. The molecule has 0 saturated carbocycles. The van der Waals surface area contributed by atoms with Crippen LogP contribution in [0.15, 0.2) is 48.8 Å². The van der Waals surface area contributed by atoms with E-state index in [0.29, 0.717) is 0 Å². The van der Waals surface area contributed by atoms with Crippen LogP contribution < -0.4 is 19.9 Å². The first-order chi connectivity index (χ1) is 11.3. The van der Waals surface area contributed by atoms with Gasteiger partial charge in [0.1, 0.15) is 5.75 Å². The molecule has 5 nitrogen and oxygen atoms in total. The monoisotopic (exact) mass is 329 g/mol. The Labute approximate surface area is 141 Å². The van der Waals surface area contributed by atoms with Gasteiger partial charge in [0.15, 0.2) is 17.5 Å². The molecule has 0 unspecified atom stereocenters. The van der Waals surface area contributed by atoms with Crippen LogP contribution in [0.4, 0.5) is 11.4 Å². The van der Waals surface area contributed by atoms with Crippen LogP contribution in [-0.2, 0) is 0 Å². The van der Waals surface area contributed by atoms with E-state index in [1.807, 2.05) is 36.7 Å². The number of aromatic amines is 1. The van der Waals surface area contributed by atoms with Gasteiger partial charge in [-0.1, -0.05) is 0 Å². The molecular weight excluding hydrogens is 308 g/mol. The zero-order valence-corrected chi connectivity index (χ0v) is 14.0. The van der Waals surface area contributed by atoms with Gasteiger partial charge in [-0.25, -0.2) is 4.98 Å². The summed E-state index contributed by atoms with van der Waals surface area (Å²) in [6.45, 7) is 3.77. The quantitative estimate of drug-likeness (QED) is 0.873. The van der Waals surface area contributed by atoms with Crippen LogP contribution in [0.25, 0.3) is 0 Å². The summed E-state index contributed by atoms with van der Waals surface area (Å²) in [5.41, 5.74) is 2.23. The van der Waals surface area contributed by atoms with E-state index >= 15 is 0 Å². The lowest BCUT2D eigenvalue weighted by Crippen LogP contribution is -2.50. The molecule has 0 amide bonds. The minimum absolute atomic E-state index is 0.774. The number of aromatic nitrogens is 1. The lowest BCUT2D eigenvalue weighted by Gasteiger charge is -2.37. The maximum absolute atomic E-state index is 5.53. The average Bonchev–Trinajstić information content (AvgIpc) is 2.63. The van der Waals surface area contributed by atoms with E-state index in [-0.39, 0.29) is 0 Å². The summed E-state index contributed by atoms with van der Waals surface area (Å²) in [4.78, 5) is 7.65. The number of anilines is 2. The van der Waals surface area contributed by atoms with Crippen molar-refractivity contribution in [2.45, 2.75) is 0 Å². The SMILES string of the molecule is COc1ccc(NC(=S)N2CCN(c3cc[nH+]cc3)CC2)cc1. The van der Waals surface area contributed by atoms with Crippen LogP contribution in [0.5, 0.6) is 5.75 Å². The Morgan fingerprint density at radius 1 is 1.04 bits per heavy atom. The molecule has 0 spiro atoms. The van der Waals surface area contributed by atoms with Gasteiger partial charge in [0.25, 0.3) is 0 Å². The van der Waals surface area contributed by atoms with E-state index < -0.39 is 0 Å². The predicted octanol–water partition coefficient (Wildman–Crippen LogP) is 2.03. The van der Waals surface area contributed by atoms with Crippen LogP contribution in [0.2, 0.25) is 0 Å². The molecule has 120 valence electrons. The van der Waals surface area contributed by atoms with Crippen LogP contribution in [0.3, 0.4) is 0 Å². The highest BCUT2D eigenvalue weighted by atomic mass is 32.1. The number of pyridine rings is 1. The van der Waals surface area contributed by atoms with Gasteiger partial charge < -0.3 is 19.9 Å². The van der Waals surface area contributed by atoms with Crippen LogP contribution in [0.1, 0.15) is 0 Å². The number of nitrogens with zero attached hydrogens (tertiary/aromatic N) is 2. The van der Waals surface area contributed by atoms with E-state index in [4.69, 9.17) is 17.0 Å². The minimum atomic E-state index is 0.774. The van der Waals surface area contributed by atoms with E-state index in [1.165, 1.54) is 5.69 Å². The molecule has 1 aliphatic rings. The number of benzene rings is 1. The number of piperazine rings is 1. The molecule has 2 heterocycles. The van der Waals surface area contributed by atoms with Crippen LogP contribution >= 0.6 is 12.2 Å². The zero-order valence-electron chi connectivity index (χ0n) is 13.2. The molecule has 0 atom stereocenters. The number of ether oxygens (including phenoxy) is 1. The van der Waals surface area contributed by atoms with Crippen molar-refractivity contribution in [2.24, 2.45) is 0 Å². The van der Waals surface area contributed by atoms with E-state index in [0.717, 1.165) is 42.7 Å². The molecule has 6 heteroatoms. The molecule has 0 radical (unpaired) electrons. The fourth-order valence-electron chi connectivity index (χ4n) is 2.63. The molecular formula is C17H21N4OS+. The molecule has 0 bridgehead atoms. The third kappa shape index (κ3) is 3.90. The Balaban J connectivity index is 1.53. The molecule has 1 aromatic carbocycles. The first-order valence-electron chi connectivity index (χ1n) is 7.67. The molecule has 1 fully saturated rings. The molecule has 3 rings (SSSR count). The lowest BCUT2D eigenvalue weighted by molar-refractivity contribution is -0.377. The summed E-state index contributed by atoms with van der Waals surface area (Å²) in [6.07, 6.45) is 3.91. The van der Waals surface area contributed by atoms with Crippen molar-refractivity contribution in [3.8, 4) is 5.75 Å². The number of hydrogen-bond acceptors (Lipinski definition) is 3. The maximum Gasteiger partial charge on any atom is 0.173 e. The zero-order chi connectivity index (χ0) is 16.1. The highest BCUT2D eigenvalue weighted by Crippen LogP contribution is 2.17. The van der Waals surface area contributed by atoms with Crippen LogP contribution in [-0.4, -0.2) is 43.3 Å². The lowest BCUT2D eigenvalue weighted by atomic mass is 10.2. The van der Waals surface area contributed by atoms with Crippen molar-refractivity contribution in [1.82, 2.24) is 4.90 Å². The summed E-state index contributed by atoms with van der Waals surface area (Å²) >= 11 is 5.53. The minimum Gasteiger partial charge on any atom is -0.497 e. The molecule has 1 aliphatic heterocycles. The van der Waals surface area contributed by atoms with Crippen molar-refractivity contribution in [1.29, 1.82) is 0 Å². The first-order valence-corrected chi connectivity index (χ1v) is 8.08. The van der Waals surface area contributed by atoms with Gasteiger partial charge >= 0.3 is 0 Å². The normalized spacial score (nSPS) is 14.5. The number of rotatable bonds is 3. The molecule has 1 saturated heterocycles. The summed E-state index contributed by atoms with van der Waals surface area (Å²) in [5, 5.41) is 4.07. The fraction of sp³-hybridized carbons (Fsp3) is 0.294. The molecule has 23 heavy (non-hydrogen) atoms. The van der Waals surface area contributed by atoms with Gasteiger partial charge in [0.2, 0.25) is 0 Å². The van der Waals surface area contributed by atoms with Crippen LogP contribution in [0, 0.1) is 0 Å². The second kappa shape index (κ2) is 7.28. The van der Waals surface area contributed by atoms with Crippen molar-refractivity contribution >= 4 is 28.7 Å². The van der Waals surface area contributed by atoms with Gasteiger partial charge in [-0.05, 0) is 36.5 Å². The Kier molecular flexibility index (Phi) is 4.92. The topological polar surface area (TPSA) is 41.9 Å². The smallest absolute Gasteiger partial charge is 0.173 e. The van der Waals surface area contributed by atoms with Gasteiger partial charge in [-0.15, -0.1) is 0 Å². The van der Waals surface area contributed by atoms with Gasteiger partial charge in [0.05, 0.1) is 7.11 Å². The fourth-order valence-corrected chi connectivity index (χ4v) is 2.93. The Bertz CT molecular complexity index is 639. The summed E-state index contributed by atoms with van der Waals surface area (Å²) in [6, 6.07) is 12.0. The van der Waals surface area contributed by atoms with Gasteiger partial charge in [0, 0.05) is 49.7 Å². The number of methoxy groups -OCH3 is 1. The number of thiocarbonyl (C=S) groups is 1. The van der Waals surface area contributed by atoms with Crippen molar-refractivity contribution in [3.05, 3.63) is 48.8 Å². The number of nitrogens with one attached hydrogen (secondary N) is 2. The number of hydrogen-bond donors (Lipinski definition) is 1. The van der Waals surface area contributed by atoms with Crippen molar-refractivity contribution < 1.29 is 9.72 Å². The summed E-state index contributed by atoms with van der Waals surface area (Å²) in [7, 11) is 1.66. The summed E-state index contributed by atoms with van der Waals surface area (Å²) < 4.78 is 5.17. The molecule has 1 aromatic heterocycles. The van der Waals surface area contributed by atoms with E-state index in [2.05, 4.69) is 32.2 Å². The van der Waals surface area contributed by atoms with E-state index in [1.54, 1.807) is 7.11 Å². The molecule has 2 aromatic rings. The standard InChI is InChI=1S/C17H20N4OS/c1-22-16-4-2-14(3-5-16)19-17(23)21-12-10-20(11-13-21)15-6-8-18-9-7-15/h2-9H,10-13H2,1H3,(H,19,23)/p+1. The Hall–Kier alpha value is -2.34. The van der Waals surface area contributed by atoms with Gasteiger partial charge in [-0.2, -0.15) is 0 Å². The average molecular weight is 329 g/mol. The van der Waals surface area contributed by atoms with Crippen molar-refractivity contribution in [3.63, 3.8) is 0 Å². The first kappa shape index (κ1) is 15.6. The molecule has 0 aliphatic carbocycles. The summed E-state index contributed by atoms with van der Waals surface area (Å²) in [5.74, 6) is 0.843. The predicted molar refractivity (Wildman–Crippen MR) is 96.0 cm³/mol. The second-order valence-corrected chi connectivity index (χ2v) is 5.78.